The Morgan fingerprint density at radius 3 is 2.29 bits per heavy atom. The highest BCUT2D eigenvalue weighted by atomic mass is 14.9. The first-order chi connectivity index (χ1) is 15.4. The summed E-state index contributed by atoms with van der Waals surface area (Å²) in [7, 11) is 0. The van der Waals surface area contributed by atoms with E-state index in [4.69, 9.17) is 0 Å². The molecule has 0 bridgehead atoms. The molecule has 0 saturated heterocycles. The first-order valence-corrected chi connectivity index (χ1v) is 11.0. The van der Waals surface area contributed by atoms with Crippen LogP contribution in [0.2, 0.25) is 0 Å². The van der Waals surface area contributed by atoms with Gasteiger partial charge in [0.1, 0.15) is 0 Å². The van der Waals surface area contributed by atoms with Gasteiger partial charge < -0.3 is 4.40 Å². The predicted molar refractivity (Wildman–Crippen MR) is 129 cm³/mol. The maximum absolute atomic E-state index is 2.49. The molecule has 0 aliphatic heterocycles. The van der Waals surface area contributed by atoms with E-state index in [0.29, 0.717) is 0 Å². The average Bonchev–Trinajstić information content (AvgIpc) is 3.52. The van der Waals surface area contributed by atoms with Gasteiger partial charge in [0.15, 0.2) is 0 Å². The van der Waals surface area contributed by atoms with E-state index in [1.54, 1.807) is 0 Å². The van der Waals surface area contributed by atoms with Crippen molar-refractivity contribution in [1.29, 1.82) is 0 Å². The molecule has 0 saturated carbocycles. The minimum absolute atomic E-state index is 1.02. The van der Waals surface area contributed by atoms with Crippen LogP contribution in [0.4, 0.5) is 0 Å². The molecule has 2 aromatic heterocycles. The molecule has 2 aliphatic rings. The second-order valence-electron chi connectivity index (χ2n) is 8.98. The van der Waals surface area contributed by atoms with Crippen LogP contribution in [0.3, 0.4) is 0 Å². The molecule has 2 heterocycles. The lowest BCUT2D eigenvalue weighted by Crippen LogP contribution is -1.92. The summed E-state index contributed by atoms with van der Waals surface area (Å²) < 4.78 is 2.36. The van der Waals surface area contributed by atoms with E-state index >= 15 is 0 Å². The maximum atomic E-state index is 2.49. The summed E-state index contributed by atoms with van der Waals surface area (Å²) in [5.74, 6) is 0. The van der Waals surface area contributed by atoms with E-state index in [2.05, 4.69) is 95.5 Å². The van der Waals surface area contributed by atoms with Crippen LogP contribution in [-0.4, -0.2) is 4.40 Å². The molecule has 2 aliphatic carbocycles. The van der Waals surface area contributed by atoms with Crippen molar-refractivity contribution in [3.63, 3.8) is 0 Å². The second kappa shape index (κ2) is 5.44. The summed E-state index contributed by atoms with van der Waals surface area (Å²) in [6.45, 7) is 0. The maximum Gasteiger partial charge on any atom is 0.0541 e. The van der Waals surface area contributed by atoms with Gasteiger partial charge in [0, 0.05) is 17.0 Å². The standard InChI is InChI=1S/C30H19N/c1-2-7-22-18(6-1)14-20-17-26-21(16-25(20)22)15-19-11-12-24-23-8-3-4-9-27(23)31-13-5-10-28(31)30(24)29(19)26/h1-13,16-17H,14-15H2. The van der Waals surface area contributed by atoms with Crippen LogP contribution in [0, 0.1) is 0 Å². The lowest BCUT2D eigenvalue weighted by atomic mass is 9.93. The summed E-state index contributed by atoms with van der Waals surface area (Å²) in [6.07, 6.45) is 4.27. The van der Waals surface area contributed by atoms with Crippen molar-refractivity contribution >= 4 is 27.2 Å². The molecule has 31 heavy (non-hydrogen) atoms. The molecule has 0 radical (unpaired) electrons. The van der Waals surface area contributed by atoms with Crippen molar-refractivity contribution in [3.8, 4) is 22.3 Å². The van der Waals surface area contributed by atoms with Crippen LogP contribution in [0.1, 0.15) is 22.3 Å². The zero-order valence-electron chi connectivity index (χ0n) is 17.0. The zero-order valence-corrected chi connectivity index (χ0v) is 17.0. The van der Waals surface area contributed by atoms with Gasteiger partial charge in [-0.1, -0.05) is 54.6 Å². The third-order valence-corrected chi connectivity index (χ3v) is 7.42. The van der Waals surface area contributed by atoms with Crippen LogP contribution in [0.5, 0.6) is 0 Å². The number of para-hydroxylation sites is 1. The molecular weight excluding hydrogens is 374 g/mol. The fourth-order valence-electron chi connectivity index (χ4n) is 6.11. The number of fused-ring (bicyclic) bond motifs is 13. The Kier molecular flexibility index (Phi) is 2.80. The lowest BCUT2D eigenvalue weighted by molar-refractivity contribution is 1.24. The zero-order chi connectivity index (χ0) is 20.1. The molecule has 0 fully saturated rings. The molecule has 8 rings (SSSR count). The Morgan fingerprint density at radius 1 is 0.516 bits per heavy atom. The Hall–Kier alpha value is -3.84. The molecule has 4 aromatic carbocycles. The highest BCUT2D eigenvalue weighted by molar-refractivity contribution is 6.19. The molecule has 0 N–H and O–H groups in total. The molecule has 1 heteroatoms. The fraction of sp³-hybridized carbons (Fsp3) is 0.0667. The van der Waals surface area contributed by atoms with Crippen LogP contribution >= 0.6 is 0 Å². The van der Waals surface area contributed by atoms with E-state index in [1.165, 1.54) is 71.7 Å². The van der Waals surface area contributed by atoms with E-state index < -0.39 is 0 Å². The van der Waals surface area contributed by atoms with E-state index in [9.17, 15) is 0 Å². The normalized spacial score (nSPS) is 13.5. The number of hydrogen-bond acceptors (Lipinski definition) is 0. The van der Waals surface area contributed by atoms with Gasteiger partial charge in [-0.15, -0.1) is 0 Å². The van der Waals surface area contributed by atoms with Crippen molar-refractivity contribution in [3.05, 3.63) is 113 Å². The van der Waals surface area contributed by atoms with Crippen molar-refractivity contribution in [1.82, 2.24) is 4.40 Å². The summed E-state index contributed by atoms with van der Waals surface area (Å²) >= 11 is 0. The van der Waals surface area contributed by atoms with Crippen molar-refractivity contribution in [2.45, 2.75) is 12.8 Å². The Labute approximate surface area is 180 Å². The molecule has 144 valence electrons. The number of rotatable bonds is 0. The number of hydrogen-bond donors (Lipinski definition) is 0. The van der Waals surface area contributed by atoms with Crippen LogP contribution < -0.4 is 0 Å². The number of aromatic nitrogens is 1. The third kappa shape index (κ3) is 1.92. The molecule has 0 amide bonds. The van der Waals surface area contributed by atoms with Crippen LogP contribution in [-0.2, 0) is 12.8 Å². The third-order valence-electron chi connectivity index (χ3n) is 7.42. The topological polar surface area (TPSA) is 4.41 Å². The van der Waals surface area contributed by atoms with Gasteiger partial charge in [0.05, 0.1) is 11.0 Å². The number of nitrogens with zero attached hydrogens (tertiary/aromatic N) is 1. The first kappa shape index (κ1) is 15.9. The van der Waals surface area contributed by atoms with Gasteiger partial charge in [-0.3, -0.25) is 0 Å². The minimum Gasteiger partial charge on any atom is -0.316 e. The van der Waals surface area contributed by atoms with E-state index in [0.717, 1.165) is 12.8 Å². The van der Waals surface area contributed by atoms with Crippen molar-refractivity contribution in [2.75, 3.05) is 0 Å². The quantitative estimate of drug-likeness (QED) is 0.237. The highest BCUT2D eigenvalue weighted by Crippen LogP contribution is 2.48. The van der Waals surface area contributed by atoms with Gasteiger partial charge in [-0.2, -0.15) is 0 Å². The summed E-state index contributed by atoms with van der Waals surface area (Å²) in [6, 6.07) is 31.8. The van der Waals surface area contributed by atoms with Gasteiger partial charge >= 0.3 is 0 Å². The highest BCUT2D eigenvalue weighted by Gasteiger charge is 2.27. The van der Waals surface area contributed by atoms with Crippen molar-refractivity contribution < 1.29 is 0 Å². The lowest BCUT2D eigenvalue weighted by Gasteiger charge is -2.14. The second-order valence-corrected chi connectivity index (χ2v) is 8.98. The Balaban J connectivity index is 1.50. The molecule has 1 nitrogen and oxygen atoms in total. The van der Waals surface area contributed by atoms with E-state index in [1.807, 2.05) is 0 Å². The number of pyridine rings is 1. The SMILES string of the molecule is c1ccc2c(c1)Cc1cc3c(cc1-2)Cc1ccc2c4ccccc4n4cccc4c2c1-3. The number of benzene rings is 4. The first-order valence-electron chi connectivity index (χ1n) is 11.0. The summed E-state index contributed by atoms with van der Waals surface area (Å²) in [5.41, 5.74) is 14.2. The summed E-state index contributed by atoms with van der Waals surface area (Å²) in [4.78, 5) is 0. The smallest absolute Gasteiger partial charge is 0.0541 e. The fourth-order valence-corrected chi connectivity index (χ4v) is 6.11. The molecule has 0 spiro atoms. The Bertz CT molecular complexity index is 1730. The van der Waals surface area contributed by atoms with Gasteiger partial charge in [0.2, 0.25) is 0 Å². The van der Waals surface area contributed by atoms with Crippen molar-refractivity contribution in [2.24, 2.45) is 0 Å². The van der Waals surface area contributed by atoms with Crippen LogP contribution in [0.25, 0.3) is 49.4 Å². The van der Waals surface area contributed by atoms with E-state index in [-0.39, 0.29) is 0 Å². The summed E-state index contributed by atoms with van der Waals surface area (Å²) in [5, 5.41) is 4.08. The Morgan fingerprint density at radius 2 is 1.29 bits per heavy atom. The van der Waals surface area contributed by atoms with Gasteiger partial charge in [0.25, 0.3) is 0 Å². The van der Waals surface area contributed by atoms with Gasteiger partial charge in [-0.05, 0) is 93.1 Å². The average molecular weight is 393 g/mol. The minimum atomic E-state index is 1.02. The monoisotopic (exact) mass is 393 g/mol. The van der Waals surface area contributed by atoms with Gasteiger partial charge in [-0.25, -0.2) is 0 Å². The van der Waals surface area contributed by atoms with Crippen LogP contribution in [0.15, 0.2) is 91.1 Å². The molecule has 6 aromatic rings. The molecule has 0 atom stereocenters. The largest absolute Gasteiger partial charge is 0.316 e. The molecule has 0 unspecified atom stereocenters. The molecular formula is C30H19N. The predicted octanol–water partition coefficient (Wildman–Crippen LogP) is 7.39.